The van der Waals surface area contributed by atoms with Crippen LogP contribution in [0.1, 0.15) is 15.9 Å². The number of aldehydes is 1. The molecule has 90 valence electrons. The Morgan fingerprint density at radius 2 is 2.24 bits per heavy atom. The maximum Gasteiger partial charge on any atom is 0.150 e. The number of aliphatic imine (C=N–C) groups is 1. The van der Waals surface area contributed by atoms with Gasteiger partial charge in [0.2, 0.25) is 0 Å². The molecule has 0 saturated carbocycles. The van der Waals surface area contributed by atoms with E-state index in [0.717, 1.165) is 11.8 Å². The second-order valence-electron chi connectivity index (χ2n) is 3.26. The highest BCUT2D eigenvalue weighted by molar-refractivity contribution is 5.79. The number of carbonyl (C=O) groups is 1. The molecule has 17 heavy (non-hydrogen) atoms. The van der Waals surface area contributed by atoms with E-state index in [2.05, 4.69) is 11.7 Å². The molecule has 4 nitrogen and oxygen atoms in total. The van der Waals surface area contributed by atoms with Crippen LogP contribution in [-0.4, -0.2) is 33.3 Å². The minimum absolute atomic E-state index is 0.483. The molecule has 0 amide bonds. The molecule has 0 aromatic heterocycles. The molecule has 0 unspecified atom stereocenters. The Labute approximate surface area is 101 Å². The van der Waals surface area contributed by atoms with Gasteiger partial charge in [-0.15, -0.1) is 0 Å². The molecule has 0 radical (unpaired) electrons. The Bertz CT molecular complexity index is 413. The monoisotopic (exact) mass is 233 g/mol. The van der Waals surface area contributed by atoms with Gasteiger partial charge >= 0.3 is 0 Å². The summed E-state index contributed by atoms with van der Waals surface area (Å²) in [5.74, 6) is 0. The van der Waals surface area contributed by atoms with Crippen molar-refractivity contribution in [2.45, 2.75) is 0 Å². The quantitative estimate of drug-likeness (QED) is 0.314. The van der Waals surface area contributed by atoms with Crippen LogP contribution >= 0.6 is 0 Å². The van der Waals surface area contributed by atoms with Gasteiger partial charge in [0.15, 0.2) is 0 Å². The molecule has 0 aliphatic carbocycles. The molecule has 0 N–H and O–H groups in total. The number of methoxy groups -OCH3 is 1. The first-order chi connectivity index (χ1) is 8.31. The molecule has 0 bridgehead atoms. The van der Waals surface area contributed by atoms with E-state index in [0.29, 0.717) is 24.5 Å². The molecule has 1 aromatic carbocycles. The van der Waals surface area contributed by atoms with Crippen LogP contribution in [0.3, 0.4) is 0 Å². The van der Waals surface area contributed by atoms with E-state index in [4.69, 9.17) is 9.47 Å². The van der Waals surface area contributed by atoms with Crippen molar-refractivity contribution in [3.8, 4) is 0 Å². The van der Waals surface area contributed by atoms with Crippen LogP contribution in [0, 0.1) is 0 Å². The van der Waals surface area contributed by atoms with Crippen LogP contribution in [0.25, 0.3) is 6.08 Å². The van der Waals surface area contributed by atoms with E-state index in [1.807, 2.05) is 0 Å². The number of nitrogens with zero attached hydrogens (tertiary/aromatic N) is 1. The molecule has 0 atom stereocenters. The summed E-state index contributed by atoms with van der Waals surface area (Å²) in [6.07, 6.45) is 4.08. The lowest BCUT2D eigenvalue weighted by Gasteiger charge is -2.02. The van der Waals surface area contributed by atoms with Crippen LogP contribution in [0.2, 0.25) is 0 Å². The van der Waals surface area contributed by atoms with Crippen LogP contribution in [0.5, 0.6) is 0 Å². The first-order valence-electron chi connectivity index (χ1n) is 5.15. The van der Waals surface area contributed by atoms with Gasteiger partial charge in [-0.25, -0.2) is 0 Å². The summed E-state index contributed by atoms with van der Waals surface area (Å²) >= 11 is 0. The minimum atomic E-state index is 0.483. The van der Waals surface area contributed by atoms with Gasteiger partial charge in [-0.1, -0.05) is 0 Å². The molecular formula is C13H15NO3. The Hall–Kier alpha value is -1.94. The van der Waals surface area contributed by atoms with E-state index in [1.165, 1.54) is 0 Å². The number of rotatable bonds is 7. The first kappa shape index (κ1) is 13.1. The van der Waals surface area contributed by atoms with Gasteiger partial charge in [0, 0.05) is 18.2 Å². The predicted octanol–water partition coefficient (Wildman–Crippen LogP) is 2.46. The van der Waals surface area contributed by atoms with Gasteiger partial charge in [-0.3, -0.25) is 9.79 Å². The average molecular weight is 233 g/mol. The van der Waals surface area contributed by atoms with Gasteiger partial charge in [0.1, 0.15) is 12.9 Å². The van der Waals surface area contributed by atoms with Crippen molar-refractivity contribution in [3.63, 3.8) is 0 Å². The molecule has 0 aliphatic rings. The molecule has 0 fully saturated rings. The number of benzene rings is 1. The van der Waals surface area contributed by atoms with Gasteiger partial charge in [0.05, 0.1) is 18.6 Å². The summed E-state index contributed by atoms with van der Waals surface area (Å²) in [6.45, 7) is 4.49. The fourth-order valence-corrected chi connectivity index (χ4v) is 1.24. The molecular weight excluding hydrogens is 218 g/mol. The molecule has 0 heterocycles. The van der Waals surface area contributed by atoms with Crippen molar-refractivity contribution < 1.29 is 14.3 Å². The zero-order valence-electron chi connectivity index (χ0n) is 9.76. The highest BCUT2D eigenvalue weighted by Gasteiger charge is 1.99. The van der Waals surface area contributed by atoms with Crippen molar-refractivity contribution in [1.82, 2.24) is 0 Å². The number of hydrogen-bond donors (Lipinski definition) is 0. The van der Waals surface area contributed by atoms with Crippen molar-refractivity contribution in [2.75, 3.05) is 20.3 Å². The maximum absolute atomic E-state index is 10.7. The zero-order valence-corrected chi connectivity index (χ0v) is 9.76. The topological polar surface area (TPSA) is 47.9 Å². The van der Waals surface area contributed by atoms with Crippen LogP contribution in [-0.2, 0) is 9.47 Å². The van der Waals surface area contributed by atoms with Crippen LogP contribution < -0.4 is 0 Å². The van der Waals surface area contributed by atoms with Crippen molar-refractivity contribution >= 4 is 24.8 Å². The van der Waals surface area contributed by atoms with Crippen LogP contribution in [0.4, 0.5) is 5.69 Å². The molecule has 4 heteroatoms. The largest absolute Gasteiger partial charge is 0.499 e. The standard InChI is InChI=1S/C13H15NO3/c1-14-13-4-3-11(10-15)9-12(13)5-6-17-8-7-16-2/h3-6,9-10H,1,7-8H2,2H3/b6-5+. The number of hydrogen-bond acceptors (Lipinski definition) is 4. The third-order valence-electron chi connectivity index (χ3n) is 2.11. The maximum atomic E-state index is 10.7. The number of ether oxygens (including phenoxy) is 2. The third kappa shape index (κ3) is 4.20. The SMILES string of the molecule is C=Nc1ccc(C=O)cc1/C=C/OCCOC. The van der Waals surface area contributed by atoms with E-state index in [1.54, 1.807) is 37.6 Å². The molecule has 0 spiro atoms. The highest BCUT2D eigenvalue weighted by atomic mass is 16.5. The smallest absolute Gasteiger partial charge is 0.150 e. The summed E-state index contributed by atoms with van der Waals surface area (Å²) < 4.78 is 10.0. The second kappa shape index (κ2) is 7.35. The van der Waals surface area contributed by atoms with Crippen LogP contribution in [0.15, 0.2) is 29.5 Å². The number of carbonyl (C=O) groups excluding carboxylic acids is 1. The molecule has 1 rings (SSSR count). The Morgan fingerprint density at radius 3 is 2.88 bits per heavy atom. The van der Waals surface area contributed by atoms with Crippen molar-refractivity contribution in [2.24, 2.45) is 4.99 Å². The summed E-state index contributed by atoms with van der Waals surface area (Å²) in [4.78, 5) is 14.5. The fourth-order valence-electron chi connectivity index (χ4n) is 1.24. The summed E-state index contributed by atoms with van der Waals surface area (Å²) in [5.41, 5.74) is 2.10. The Morgan fingerprint density at radius 1 is 1.41 bits per heavy atom. The Kier molecular flexibility index (Phi) is 5.68. The lowest BCUT2D eigenvalue weighted by molar-refractivity contribution is 0.112. The normalized spacial score (nSPS) is 10.4. The fraction of sp³-hybridized carbons (Fsp3) is 0.231. The van der Waals surface area contributed by atoms with E-state index in [9.17, 15) is 4.79 Å². The van der Waals surface area contributed by atoms with E-state index >= 15 is 0 Å². The summed E-state index contributed by atoms with van der Waals surface area (Å²) in [6, 6.07) is 5.17. The van der Waals surface area contributed by atoms with Gasteiger partial charge in [-0.05, 0) is 31.0 Å². The van der Waals surface area contributed by atoms with Gasteiger partial charge < -0.3 is 9.47 Å². The molecule has 1 aromatic rings. The lowest BCUT2D eigenvalue weighted by Crippen LogP contribution is -1.96. The third-order valence-corrected chi connectivity index (χ3v) is 2.11. The van der Waals surface area contributed by atoms with Gasteiger partial charge in [-0.2, -0.15) is 0 Å². The van der Waals surface area contributed by atoms with E-state index in [-0.39, 0.29) is 0 Å². The molecule has 0 saturated heterocycles. The minimum Gasteiger partial charge on any atom is -0.499 e. The van der Waals surface area contributed by atoms with Crippen molar-refractivity contribution in [3.05, 3.63) is 35.6 Å². The predicted molar refractivity (Wildman–Crippen MR) is 67.9 cm³/mol. The highest BCUT2D eigenvalue weighted by Crippen LogP contribution is 2.21. The molecule has 0 aliphatic heterocycles. The van der Waals surface area contributed by atoms with Gasteiger partial charge in [0.25, 0.3) is 0 Å². The second-order valence-corrected chi connectivity index (χ2v) is 3.26. The summed E-state index contributed by atoms with van der Waals surface area (Å²) in [7, 11) is 1.61. The zero-order chi connectivity index (χ0) is 12.5. The van der Waals surface area contributed by atoms with Crippen molar-refractivity contribution in [1.29, 1.82) is 0 Å². The Balaban J connectivity index is 2.73. The average Bonchev–Trinajstić information content (AvgIpc) is 2.38. The lowest BCUT2D eigenvalue weighted by atomic mass is 10.1. The summed E-state index contributed by atoms with van der Waals surface area (Å²) in [5, 5.41) is 0. The van der Waals surface area contributed by atoms with E-state index < -0.39 is 0 Å². The first-order valence-corrected chi connectivity index (χ1v) is 5.15.